The lowest BCUT2D eigenvalue weighted by molar-refractivity contribution is -0.140. The summed E-state index contributed by atoms with van der Waals surface area (Å²) in [4.78, 5) is 46.2. The molecule has 2 aromatic carbocycles. The molecule has 0 saturated carbocycles. The molecule has 2 rings (SSSR count). The highest BCUT2D eigenvalue weighted by Gasteiger charge is 2.08. The summed E-state index contributed by atoms with van der Waals surface area (Å²) in [6, 6.07) is 14.5. The van der Waals surface area contributed by atoms with Gasteiger partial charge in [0.2, 0.25) is 0 Å². The molecule has 196 valence electrons. The predicted octanol–water partition coefficient (Wildman–Crippen LogP) is 4.61. The third kappa shape index (κ3) is 11.1. The van der Waals surface area contributed by atoms with Crippen LogP contribution < -0.4 is 10.6 Å². The molecule has 10 nitrogen and oxygen atoms in total. The first-order valence-corrected chi connectivity index (χ1v) is 11.3. The first-order valence-electron chi connectivity index (χ1n) is 11.3. The summed E-state index contributed by atoms with van der Waals surface area (Å²) in [7, 11) is 0. The van der Waals surface area contributed by atoms with Crippen LogP contribution in [0.4, 0.5) is 21.0 Å². The van der Waals surface area contributed by atoms with E-state index in [-0.39, 0.29) is 37.6 Å². The van der Waals surface area contributed by atoms with Crippen LogP contribution in [0, 0.1) is 0 Å². The standard InChI is InChI=1S/C27H30N2O8/c1-18(2)24(30)34-13-15-36-26(32)28-22-9-5-20(6-10-22)17-21-7-11-23(12-8-21)29-27(33)37-16-14-35-25(31)19(3)4/h5-12H,1,3,13-17H2,2,4H3,(H,28,32)(H,29,33). The number of hydrogen-bond donors (Lipinski definition) is 2. The lowest BCUT2D eigenvalue weighted by Crippen LogP contribution is -2.18. The Labute approximate surface area is 215 Å². The Morgan fingerprint density at radius 2 is 0.919 bits per heavy atom. The van der Waals surface area contributed by atoms with Gasteiger partial charge < -0.3 is 18.9 Å². The number of nitrogens with one attached hydrogen (secondary N) is 2. The number of hydrogen-bond acceptors (Lipinski definition) is 8. The van der Waals surface area contributed by atoms with Crippen molar-refractivity contribution in [1.29, 1.82) is 0 Å². The number of ether oxygens (including phenoxy) is 4. The number of esters is 2. The highest BCUT2D eigenvalue weighted by atomic mass is 16.6. The summed E-state index contributed by atoms with van der Waals surface area (Å²) in [5, 5.41) is 5.20. The number of carbonyl (C=O) groups excluding carboxylic acids is 4. The van der Waals surface area contributed by atoms with Crippen LogP contribution in [0.15, 0.2) is 72.8 Å². The number of amides is 2. The second-order valence-corrected chi connectivity index (χ2v) is 7.92. The van der Waals surface area contributed by atoms with E-state index in [1.807, 2.05) is 24.3 Å². The Balaban J connectivity index is 1.71. The van der Waals surface area contributed by atoms with Gasteiger partial charge in [-0.15, -0.1) is 0 Å². The maximum absolute atomic E-state index is 11.8. The summed E-state index contributed by atoms with van der Waals surface area (Å²) in [5.74, 6) is -1.08. The zero-order chi connectivity index (χ0) is 27.2. The molecule has 0 bridgehead atoms. The minimum absolute atomic E-state index is 0.0550. The topological polar surface area (TPSA) is 129 Å². The van der Waals surface area contributed by atoms with E-state index in [0.717, 1.165) is 11.1 Å². The second-order valence-electron chi connectivity index (χ2n) is 7.92. The Hall–Kier alpha value is -4.60. The molecule has 0 saturated heterocycles. The summed E-state index contributed by atoms with van der Waals surface area (Å²) >= 11 is 0. The smallest absolute Gasteiger partial charge is 0.411 e. The minimum Gasteiger partial charge on any atom is -0.459 e. The van der Waals surface area contributed by atoms with Gasteiger partial charge in [-0.1, -0.05) is 37.4 Å². The molecule has 0 radical (unpaired) electrons. The van der Waals surface area contributed by atoms with Gasteiger partial charge in [0.1, 0.15) is 26.4 Å². The minimum atomic E-state index is -0.659. The maximum atomic E-state index is 11.8. The van der Waals surface area contributed by atoms with Gasteiger partial charge in [-0.25, -0.2) is 19.2 Å². The highest BCUT2D eigenvalue weighted by Crippen LogP contribution is 2.16. The Morgan fingerprint density at radius 1 is 0.595 bits per heavy atom. The number of anilines is 2. The lowest BCUT2D eigenvalue weighted by atomic mass is 10.0. The molecule has 0 fully saturated rings. The van der Waals surface area contributed by atoms with Gasteiger partial charge in [-0.2, -0.15) is 0 Å². The van der Waals surface area contributed by atoms with Crippen molar-refractivity contribution in [2.24, 2.45) is 0 Å². The molecule has 0 aromatic heterocycles. The van der Waals surface area contributed by atoms with E-state index in [0.29, 0.717) is 17.8 Å². The molecule has 0 aliphatic carbocycles. The molecule has 0 atom stereocenters. The van der Waals surface area contributed by atoms with E-state index in [4.69, 9.17) is 18.9 Å². The fraction of sp³-hybridized carbons (Fsp3) is 0.259. The second kappa shape index (κ2) is 14.7. The molecule has 2 amide bonds. The van der Waals surface area contributed by atoms with Crippen molar-refractivity contribution in [1.82, 2.24) is 0 Å². The Kier molecular flexibility index (Phi) is 11.4. The van der Waals surface area contributed by atoms with E-state index in [9.17, 15) is 19.2 Å². The van der Waals surface area contributed by atoms with Gasteiger partial charge in [0.25, 0.3) is 0 Å². The van der Waals surface area contributed by atoms with E-state index in [1.165, 1.54) is 13.8 Å². The van der Waals surface area contributed by atoms with Crippen molar-refractivity contribution in [2.45, 2.75) is 20.3 Å². The van der Waals surface area contributed by atoms with E-state index >= 15 is 0 Å². The highest BCUT2D eigenvalue weighted by molar-refractivity contribution is 5.87. The Morgan fingerprint density at radius 3 is 1.24 bits per heavy atom. The summed E-state index contributed by atoms with van der Waals surface area (Å²) in [5.41, 5.74) is 3.68. The summed E-state index contributed by atoms with van der Waals surface area (Å²) in [6.07, 6.45) is -0.681. The van der Waals surface area contributed by atoms with Crippen LogP contribution in [-0.4, -0.2) is 50.6 Å². The summed E-state index contributed by atoms with van der Waals surface area (Å²) in [6.45, 7) is 9.73. The van der Waals surface area contributed by atoms with Crippen LogP contribution in [0.25, 0.3) is 0 Å². The SMILES string of the molecule is C=C(C)C(=O)OCCOC(=O)Nc1ccc(Cc2ccc(NC(=O)OCCOC(=O)C(=C)C)cc2)cc1. The first-order chi connectivity index (χ1) is 17.6. The fourth-order valence-electron chi connectivity index (χ4n) is 2.74. The van der Waals surface area contributed by atoms with Crippen LogP contribution in [0.5, 0.6) is 0 Å². The van der Waals surface area contributed by atoms with E-state index in [2.05, 4.69) is 23.8 Å². The quantitative estimate of drug-likeness (QED) is 0.183. The van der Waals surface area contributed by atoms with E-state index < -0.39 is 24.1 Å². The summed E-state index contributed by atoms with van der Waals surface area (Å²) < 4.78 is 19.6. The van der Waals surface area contributed by atoms with Crippen molar-refractivity contribution in [3.63, 3.8) is 0 Å². The lowest BCUT2D eigenvalue weighted by Gasteiger charge is -2.09. The largest absolute Gasteiger partial charge is 0.459 e. The number of rotatable bonds is 12. The Bertz CT molecular complexity index is 1030. The molecular weight excluding hydrogens is 480 g/mol. The van der Waals surface area contributed by atoms with Crippen LogP contribution >= 0.6 is 0 Å². The van der Waals surface area contributed by atoms with Gasteiger partial charge in [-0.05, 0) is 55.7 Å². The normalized spacial score (nSPS) is 10.0. The predicted molar refractivity (Wildman–Crippen MR) is 137 cm³/mol. The van der Waals surface area contributed by atoms with Crippen LogP contribution in [0.1, 0.15) is 25.0 Å². The third-order valence-corrected chi connectivity index (χ3v) is 4.61. The average Bonchev–Trinajstić information content (AvgIpc) is 2.86. The first kappa shape index (κ1) is 28.6. The van der Waals surface area contributed by atoms with Crippen LogP contribution in [-0.2, 0) is 35.0 Å². The van der Waals surface area contributed by atoms with Crippen molar-refractivity contribution in [3.8, 4) is 0 Å². The zero-order valence-electron chi connectivity index (χ0n) is 20.8. The van der Waals surface area contributed by atoms with Crippen molar-refractivity contribution in [2.75, 3.05) is 37.1 Å². The molecule has 10 heteroatoms. The molecule has 0 heterocycles. The third-order valence-electron chi connectivity index (χ3n) is 4.61. The van der Waals surface area contributed by atoms with Crippen molar-refractivity contribution >= 4 is 35.5 Å². The molecule has 0 aliphatic heterocycles. The molecule has 37 heavy (non-hydrogen) atoms. The fourth-order valence-corrected chi connectivity index (χ4v) is 2.74. The maximum Gasteiger partial charge on any atom is 0.411 e. The average molecular weight is 511 g/mol. The van der Waals surface area contributed by atoms with Gasteiger partial charge in [-0.3, -0.25) is 10.6 Å². The van der Waals surface area contributed by atoms with Gasteiger partial charge in [0.05, 0.1) is 0 Å². The van der Waals surface area contributed by atoms with Crippen LogP contribution in [0.3, 0.4) is 0 Å². The van der Waals surface area contributed by atoms with Crippen molar-refractivity contribution in [3.05, 3.63) is 84.0 Å². The molecule has 0 spiro atoms. The zero-order valence-corrected chi connectivity index (χ0v) is 20.8. The van der Waals surface area contributed by atoms with Gasteiger partial charge >= 0.3 is 24.1 Å². The molecular formula is C27H30N2O8. The van der Waals surface area contributed by atoms with Crippen molar-refractivity contribution < 1.29 is 38.1 Å². The number of benzene rings is 2. The molecule has 2 N–H and O–H groups in total. The molecule has 0 aliphatic rings. The van der Waals surface area contributed by atoms with Gasteiger partial charge in [0, 0.05) is 22.5 Å². The number of carbonyl (C=O) groups is 4. The van der Waals surface area contributed by atoms with Gasteiger partial charge in [0.15, 0.2) is 0 Å². The molecule has 0 unspecified atom stereocenters. The van der Waals surface area contributed by atoms with E-state index in [1.54, 1.807) is 24.3 Å². The van der Waals surface area contributed by atoms with Crippen LogP contribution in [0.2, 0.25) is 0 Å². The molecule has 2 aromatic rings. The monoisotopic (exact) mass is 510 g/mol.